The lowest BCUT2D eigenvalue weighted by Crippen LogP contribution is -1.93. The molecular formula is C16H13NO2. The van der Waals surface area contributed by atoms with E-state index in [0.717, 1.165) is 22.1 Å². The molecule has 19 heavy (non-hydrogen) atoms. The number of benzene rings is 1. The Hall–Kier alpha value is -2.42. The molecule has 3 rings (SSSR count). The highest BCUT2D eigenvalue weighted by molar-refractivity contribution is 5.94. The highest BCUT2D eigenvalue weighted by Crippen LogP contribution is 2.29. The number of nitrogens with zero attached hydrogens (tertiary/aromatic N) is 1. The van der Waals surface area contributed by atoms with Crippen LogP contribution in [0.15, 0.2) is 53.2 Å². The number of hydrogen-bond donors (Lipinski definition) is 0. The first-order valence-electron chi connectivity index (χ1n) is 6.15. The minimum absolute atomic E-state index is 0.0977. The van der Waals surface area contributed by atoms with E-state index in [-0.39, 0.29) is 5.78 Å². The summed E-state index contributed by atoms with van der Waals surface area (Å²) < 4.78 is 5.74. The maximum atomic E-state index is 11.1. The highest BCUT2D eigenvalue weighted by Gasteiger charge is 2.09. The van der Waals surface area contributed by atoms with Crippen molar-refractivity contribution in [3.63, 3.8) is 0 Å². The van der Waals surface area contributed by atoms with Crippen LogP contribution in [0.3, 0.4) is 0 Å². The Labute approximate surface area is 110 Å². The molecule has 0 fully saturated rings. The van der Waals surface area contributed by atoms with Crippen LogP contribution in [0.1, 0.15) is 12.7 Å². The van der Waals surface area contributed by atoms with Crippen LogP contribution in [-0.2, 0) is 11.2 Å². The Bertz CT molecular complexity index is 738. The van der Waals surface area contributed by atoms with E-state index in [0.29, 0.717) is 12.2 Å². The van der Waals surface area contributed by atoms with Gasteiger partial charge in [0.25, 0.3) is 0 Å². The average Bonchev–Trinajstić information content (AvgIpc) is 2.85. The molecule has 0 N–H and O–H groups in total. The maximum Gasteiger partial charge on any atom is 0.137 e. The van der Waals surface area contributed by atoms with E-state index in [1.807, 2.05) is 42.6 Å². The zero-order chi connectivity index (χ0) is 13.2. The van der Waals surface area contributed by atoms with Gasteiger partial charge in [-0.1, -0.05) is 18.2 Å². The lowest BCUT2D eigenvalue weighted by Gasteiger charge is -2.03. The topological polar surface area (TPSA) is 43.1 Å². The Kier molecular flexibility index (Phi) is 2.88. The summed E-state index contributed by atoms with van der Waals surface area (Å²) in [5.74, 6) is 1.57. The van der Waals surface area contributed by atoms with E-state index in [4.69, 9.17) is 4.42 Å². The number of ketones is 1. The molecule has 0 aliphatic heterocycles. The second-order valence-electron chi connectivity index (χ2n) is 4.55. The van der Waals surface area contributed by atoms with Crippen LogP contribution in [0.2, 0.25) is 0 Å². The molecule has 0 unspecified atom stereocenters. The van der Waals surface area contributed by atoms with Gasteiger partial charge in [0.05, 0.1) is 6.42 Å². The summed E-state index contributed by atoms with van der Waals surface area (Å²) >= 11 is 0. The number of aromatic nitrogens is 1. The fraction of sp³-hybridized carbons (Fsp3) is 0.125. The molecule has 2 aromatic heterocycles. The van der Waals surface area contributed by atoms with Crippen molar-refractivity contribution in [2.75, 3.05) is 0 Å². The summed E-state index contributed by atoms with van der Waals surface area (Å²) in [5, 5.41) is 2.17. The quantitative estimate of drug-likeness (QED) is 0.714. The van der Waals surface area contributed by atoms with Crippen molar-refractivity contribution in [3.05, 3.63) is 54.6 Å². The summed E-state index contributed by atoms with van der Waals surface area (Å²) in [5.41, 5.74) is 1.00. The molecule has 0 radical (unpaired) electrons. The number of hydrogen-bond acceptors (Lipinski definition) is 3. The first-order chi connectivity index (χ1) is 9.24. The first kappa shape index (κ1) is 11.7. The van der Waals surface area contributed by atoms with Gasteiger partial charge in [-0.05, 0) is 30.5 Å². The molecule has 0 aliphatic carbocycles. The zero-order valence-electron chi connectivity index (χ0n) is 10.6. The molecule has 3 heteroatoms. The summed E-state index contributed by atoms with van der Waals surface area (Å²) in [4.78, 5) is 15.3. The summed E-state index contributed by atoms with van der Waals surface area (Å²) in [6.07, 6.45) is 3.94. The minimum atomic E-state index is 0.0977. The molecule has 0 bridgehead atoms. The van der Waals surface area contributed by atoms with Crippen LogP contribution in [0.5, 0.6) is 0 Å². The maximum absolute atomic E-state index is 11.1. The van der Waals surface area contributed by atoms with Gasteiger partial charge in [0.15, 0.2) is 0 Å². The van der Waals surface area contributed by atoms with Crippen molar-refractivity contribution >= 4 is 16.6 Å². The lowest BCUT2D eigenvalue weighted by atomic mass is 10.1. The van der Waals surface area contributed by atoms with Gasteiger partial charge in [-0.3, -0.25) is 9.78 Å². The van der Waals surface area contributed by atoms with Crippen LogP contribution in [0, 0.1) is 0 Å². The van der Waals surface area contributed by atoms with Gasteiger partial charge < -0.3 is 4.42 Å². The van der Waals surface area contributed by atoms with Gasteiger partial charge >= 0.3 is 0 Å². The van der Waals surface area contributed by atoms with Crippen LogP contribution in [0.25, 0.3) is 22.1 Å². The van der Waals surface area contributed by atoms with Crippen molar-refractivity contribution in [2.45, 2.75) is 13.3 Å². The van der Waals surface area contributed by atoms with Gasteiger partial charge in [0, 0.05) is 23.3 Å². The van der Waals surface area contributed by atoms with Crippen molar-refractivity contribution in [3.8, 4) is 11.3 Å². The van der Waals surface area contributed by atoms with Crippen LogP contribution in [0.4, 0.5) is 0 Å². The van der Waals surface area contributed by atoms with Crippen molar-refractivity contribution < 1.29 is 9.21 Å². The number of rotatable bonds is 3. The standard InChI is InChI=1S/C16H13NO2/c1-11(18)9-13-5-6-16(19-13)14-4-2-3-12-7-8-17-10-15(12)14/h2-8,10H,9H2,1H3. The molecule has 0 spiro atoms. The number of Topliss-reactive ketones (excluding diaryl/α,β-unsaturated/α-hetero) is 1. The number of furan rings is 1. The molecule has 0 saturated carbocycles. The first-order valence-corrected chi connectivity index (χ1v) is 6.15. The van der Waals surface area contributed by atoms with Crippen LogP contribution in [-0.4, -0.2) is 10.8 Å². The molecule has 0 atom stereocenters. The molecule has 2 heterocycles. The second kappa shape index (κ2) is 4.69. The number of fused-ring (bicyclic) bond motifs is 1. The molecule has 0 amide bonds. The van der Waals surface area contributed by atoms with Crippen LogP contribution >= 0.6 is 0 Å². The van der Waals surface area contributed by atoms with E-state index in [2.05, 4.69) is 4.98 Å². The van der Waals surface area contributed by atoms with E-state index in [1.165, 1.54) is 0 Å². The SMILES string of the molecule is CC(=O)Cc1ccc(-c2cccc3ccncc23)o1. The fourth-order valence-corrected chi connectivity index (χ4v) is 2.19. The van der Waals surface area contributed by atoms with Crippen molar-refractivity contribution in [1.29, 1.82) is 0 Å². The van der Waals surface area contributed by atoms with E-state index < -0.39 is 0 Å². The molecule has 3 aromatic rings. The second-order valence-corrected chi connectivity index (χ2v) is 4.55. The zero-order valence-corrected chi connectivity index (χ0v) is 10.6. The number of carbonyl (C=O) groups excluding carboxylic acids is 1. The molecule has 94 valence electrons. The van der Waals surface area contributed by atoms with Gasteiger partial charge in [-0.2, -0.15) is 0 Å². The fourth-order valence-electron chi connectivity index (χ4n) is 2.19. The third-order valence-corrected chi connectivity index (χ3v) is 3.03. The summed E-state index contributed by atoms with van der Waals surface area (Å²) in [7, 11) is 0. The van der Waals surface area contributed by atoms with Gasteiger partial charge in [-0.15, -0.1) is 0 Å². The van der Waals surface area contributed by atoms with Gasteiger partial charge in [0.1, 0.15) is 17.3 Å². The predicted octanol–water partition coefficient (Wildman–Crippen LogP) is 3.63. The van der Waals surface area contributed by atoms with E-state index >= 15 is 0 Å². The molecule has 0 saturated heterocycles. The molecule has 1 aromatic carbocycles. The Balaban J connectivity index is 2.09. The normalized spacial score (nSPS) is 10.8. The van der Waals surface area contributed by atoms with Crippen molar-refractivity contribution in [2.24, 2.45) is 0 Å². The minimum Gasteiger partial charge on any atom is -0.461 e. The molecule has 3 nitrogen and oxygen atoms in total. The van der Waals surface area contributed by atoms with Crippen LogP contribution < -0.4 is 0 Å². The highest BCUT2D eigenvalue weighted by atomic mass is 16.3. The molecule has 0 aliphatic rings. The monoisotopic (exact) mass is 251 g/mol. The van der Waals surface area contributed by atoms with Gasteiger partial charge in [0.2, 0.25) is 0 Å². The van der Waals surface area contributed by atoms with E-state index in [1.54, 1.807) is 13.1 Å². The molecular weight excluding hydrogens is 238 g/mol. The third-order valence-electron chi connectivity index (χ3n) is 3.03. The van der Waals surface area contributed by atoms with Crippen molar-refractivity contribution in [1.82, 2.24) is 4.98 Å². The summed E-state index contributed by atoms with van der Waals surface area (Å²) in [6.45, 7) is 1.56. The Morgan fingerprint density at radius 3 is 2.95 bits per heavy atom. The third kappa shape index (κ3) is 2.27. The Morgan fingerprint density at radius 1 is 1.21 bits per heavy atom. The number of pyridine rings is 1. The Morgan fingerprint density at radius 2 is 2.11 bits per heavy atom. The lowest BCUT2D eigenvalue weighted by molar-refractivity contribution is -0.116. The summed E-state index contributed by atoms with van der Waals surface area (Å²) in [6, 6.07) is 11.8. The van der Waals surface area contributed by atoms with Gasteiger partial charge in [-0.25, -0.2) is 0 Å². The van der Waals surface area contributed by atoms with E-state index in [9.17, 15) is 4.79 Å². The number of carbonyl (C=O) groups is 1. The largest absolute Gasteiger partial charge is 0.461 e. The average molecular weight is 251 g/mol. The predicted molar refractivity (Wildman–Crippen MR) is 73.8 cm³/mol. The smallest absolute Gasteiger partial charge is 0.137 e.